The number of urea groups is 1. The Labute approximate surface area is 206 Å². The third-order valence-corrected chi connectivity index (χ3v) is 6.34. The average molecular weight is 512 g/mol. The first-order chi connectivity index (χ1) is 16.0. The lowest BCUT2D eigenvalue weighted by Gasteiger charge is -2.19. The van der Waals surface area contributed by atoms with Crippen molar-refractivity contribution in [2.75, 3.05) is 24.2 Å². The van der Waals surface area contributed by atoms with Gasteiger partial charge in [-0.15, -0.1) is 12.4 Å². The molecule has 1 fully saturated rings. The predicted molar refractivity (Wildman–Crippen MR) is 131 cm³/mol. The molecule has 35 heavy (non-hydrogen) atoms. The minimum absolute atomic E-state index is 0. The maximum absolute atomic E-state index is 14.6. The van der Waals surface area contributed by atoms with Gasteiger partial charge in [0, 0.05) is 42.5 Å². The molecule has 0 saturated heterocycles. The van der Waals surface area contributed by atoms with Crippen molar-refractivity contribution in [3.05, 3.63) is 47.5 Å². The predicted octanol–water partition coefficient (Wildman–Crippen LogP) is 6.37. The van der Waals surface area contributed by atoms with Crippen molar-refractivity contribution in [3.63, 3.8) is 0 Å². The second-order valence-corrected chi connectivity index (χ2v) is 8.69. The van der Waals surface area contributed by atoms with Crippen LogP contribution in [-0.2, 0) is 0 Å². The van der Waals surface area contributed by atoms with Gasteiger partial charge in [0.25, 0.3) is 0 Å². The number of aromatic nitrogens is 2. The number of pyridine rings is 2. The zero-order chi connectivity index (χ0) is 24.7. The van der Waals surface area contributed by atoms with Crippen LogP contribution in [0, 0.1) is 25.1 Å². The van der Waals surface area contributed by atoms with Crippen molar-refractivity contribution >= 4 is 40.8 Å². The Balaban J connectivity index is 0.00000342. The van der Waals surface area contributed by atoms with Crippen molar-refractivity contribution in [1.82, 2.24) is 15.3 Å². The second kappa shape index (κ2) is 9.85. The number of carbonyl (C=O) groups excluding carboxylic acids is 1. The topological polar surface area (TPSA) is 78.9 Å². The van der Waals surface area contributed by atoms with Crippen LogP contribution in [0.5, 0.6) is 0 Å². The third-order valence-electron chi connectivity index (χ3n) is 6.34. The molecule has 0 bridgehead atoms. The summed E-state index contributed by atoms with van der Waals surface area (Å²) in [5.74, 6) is 0.0440. The normalized spacial score (nSPS) is 14.3. The molecule has 1 aliphatic carbocycles. The Bertz CT molecular complexity index is 1260. The average Bonchev–Trinajstić information content (AvgIpc) is 3.56. The fourth-order valence-electron chi connectivity index (χ4n) is 4.04. The van der Waals surface area contributed by atoms with Crippen LogP contribution in [0.4, 0.5) is 33.9 Å². The van der Waals surface area contributed by atoms with E-state index in [4.69, 9.17) is 0 Å². The summed E-state index contributed by atoms with van der Waals surface area (Å²) in [6, 6.07) is 5.78. The number of nitrogens with zero attached hydrogens (tertiary/aromatic N) is 2. The molecule has 0 unspecified atom stereocenters. The molecule has 3 N–H and O–H groups in total. The summed E-state index contributed by atoms with van der Waals surface area (Å²) in [4.78, 5) is 21.2. The van der Waals surface area contributed by atoms with Crippen molar-refractivity contribution in [2.45, 2.75) is 39.3 Å². The van der Waals surface area contributed by atoms with E-state index in [2.05, 4.69) is 25.9 Å². The molecule has 1 saturated carbocycles. The van der Waals surface area contributed by atoms with Crippen LogP contribution >= 0.6 is 12.4 Å². The van der Waals surface area contributed by atoms with Gasteiger partial charge < -0.3 is 16.0 Å². The summed E-state index contributed by atoms with van der Waals surface area (Å²) >= 11 is 0. The first kappa shape index (κ1) is 26.5. The van der Waals surface area contributed by atoms with Gasteiger partial charge in [-0.3, -0.25) is 4.98 Å². The molecule has 3 aromatic rings. The molecular weight excluding hydrogens is 486 g/mol. The van der Waals surface area contributed by atoms with Crippen LogP contribution < -0.4 is 16.0 Å². The van der Waals surface area contributed by atoms with E-state index in [1.54, 1.807) is 20.2 Å². The van der Waals surface area contributed by atoms with Gasteiger partial charge in [0.05, 0.1) is 16.6 Å². The highest BCUT2D eigenvalue weighted by Gasteiger charge is 2.62. The summed E-state index contributed by atoms with van der Waals surface area (Å²) in [5.41, 5.74) is 1.78. The fourth-order valence-corrected chi connectivity index (χ4v) is 4.04. The molecule has 2 heterocycles. The number of benzene rings is 1. The van der Waals surface area contributed by atoms with E-state index in [9.17, 15) is 22.4 Å². The number of nitrogens with one attached hydrogen (secondary N) is 3. The minimum atomic E-state index is -4.28. The Kier molecular flexibility index (Phi) is 7.45. The van der Waals surface area contributed by atoms with E-state index >= 15 is 0 Å². The van der Waals surface area contributed by atoms with Crippen LogP contribution in [-0.4, -0.2) is 35.8 Å². The van der Waals surface area contributed by atoms with E-state index in [0.29, 0.717) is 22.6 Å². The lowest BCUT2D eigenvalue weighted by atomic mass is 9.97. The second-order valence-electron chi connectivity index (χ2n) is 8.69. The maximum atomic E-state index is 14.6. The van der Waals surface area contributed by atoms with Crippen LogP contribution in [0.1, 0.15) is 30.5 Å². The lowest BCUT2D eigenvalue weighted by molar-refractivity contribution is -0.188. The van der Waals surface area contributed by atoms with E-state index in [-0.39, 0.29) is 43.9 Å². The molecule has 11 heteroatoms. The monoisotopic (exact) mass is 511 g/mol. The first-order valence-electron chi connectivity index (χ1n) is 10.9. The minimum Gasteiger partial charge on any atom is -0.373 e. The van der Waals surface area contributed by atoms with Gasteiger partial charge in [-0.1, -0.05) is 0 Å². The molecule has 2 amide bonds. The fraction of sp³-hybridized carbons (Fsp3) is 0.375. The SMILES string of the molecule is CNc1cc2nc(C)c(-c3cc(NC(=O)NCCC4(C(F)(F)F)CC4)c(F)cc3C)cc2cn1.Cl. The molecule has 188 valence electrons. The first-order valence-corrected chi connectivity index (χ1v) is 10.9. The number of fused-ring (bicyclic) bond motifs is 1. The Morgan fingerprint density at radius 2 is 1.83 bits per heavy atom. The Morgan fingerprint density at radius 3 is 2.46 bits per heavy atom. The molecule has 0 aliphatic heterocycles. The number of carbonyl (C=O) groups is 1. The summed E-state index contributed by atoms with van der Waals surface area (Å²) in [6.45, 7) is 3.44. The number of aryl methyl sites for hydroxylation is 2. The van der Waals surface area contributed by atoms with Crippen molar-refractivity contribution < 1.29 is 22.4 Å². The molecule has 4 rings (SSSR count). The quantitative estimate of drug-likeness (QED) is 0.336. The molecule has 6 nitrogen and oxygen atoms in total. The van der Waals surface area contributed by atoms with Crippen molar-refractivity contribution in [1.29, 1.82) is 0 Å². The van der Waals surface area contributed by atoms with Gasteiger partial charge in [0.2, 0.25) is 0 Å². The van der Waals surface area contributed by atoms with E-state index < -0.39 is 23.4 Å². The van der Waals surface area contributed by atoms with Gasteiger partial charge in [-0.2, -0.15) is 13.2 Å². The number of rotatable bonds is 6. The van der Waals surface area contributed by atoms with Crippen molar-refractivity contribution in [3.8, 4) is 11.1 Å². The molecule has 2 aromatic heterocycles. The molecule has 0 spiro atoms. The number of halogens is 5. The summed E-state index contributed by atoms with van der Waals surface area (Å²) in [6.07, 6.45) is -2.65. The Hall–Kier alpha value is -3.14. The number of anilines is 2. The van der Waals surface area contributed by atoms with Gasteiger partial charge in [0.1, 0.15) is 11.6 Å². The van der Waals surface area contributed by atoms with Gasteiger partial charge in [0.15, 0.2) is 0 Å². The number of alkyl halides is 3. The van der Waals surface area contributed by atoms with Crippen molar-refractivity contribution in [2.24, 2.45) is 5.41 Å². The molecule has 0 atom stereocenters. The van der Waals surface area contributed by atoms with Crippen LogP contribution in [0.3, 0.4) is 0 Å². The number of hydrogen-bond donors (Lipinski definition) is 3. The van der Waals surface area contributed by atoms with Crippen LogP contribution in [0.25, 0.3) is 22.0 Å². The summed E-state index contributed by atoms with van der Waals surface area (Å²) in [5, 5.41) is 8.59. The van der Waals surface area contributed by atoms with Crippen LogP contribution in [0.2, 0.25) is 0 Å². The molecule has 1 aliphatic rings. The highest BCUT2D eigenvalue weighted by atomic mass is 35.5. The lowest BCUT2D eigenvalue weighted by Crippen LogP contribution is -2.34. The van der Waals surface area contributed by atoms with E-state index in [1.165, 1.54) is 12.1 Å². The Morgan fingerprint density at radius 1 is 1.11 bits per heavy atom. The van der Waals surface area contributed by atoms with E-state index in [1.807, 2.05) is 19.1 Å². The smallest absolute Gasteiger partial charge is 0.373 e. The maximum Gasteiger partial charge on any atom is 0.394 e. The van der Waals surface area contributed by atoms with Gasteiger partial charge in [-0.25, -0.2) is 14.2 Å². The summed E-state index contributed by atoms with van der Waals surface area (Å²) < 4.78 is 53.7. The molecule has 1 aromatic carbocycles. The standard InChI is InChI=1S/C24H25F4N5O.ClH/c1-13-8-18(25)20(33-22(34)30-7-6-23(4-5-23)24(26,27)28)10-16(13)17-9-15-12-31-21(29-3)11-19(15)32-14(17)2;/h8-12H,4-7H2,1-3H3,(H,29,31)(H2,30,33,34);1H. The largest absolute Gasteiger partial charge is 0.394 e. The van der Waals surface area contributed by atoms with Gasteiger partial charge in [-0.05, 0) is 62.4 Å². The highest BCUT2D eigenvalue weighted by Crippen LogP contribution is 2.59. The third kappa shape index (κ3) is 5.42. The summed E-state index contributed by atoms with van der Waals surface area (Å²) in [7, 11) is 1.77. The number of amides is 2. The highest BCUT2D eigenvalue weighted by molar-refractivity contribution is 5.92. The zero-order valence-electron chi connectivity index (χ0n) is 19.4. The number of hydrogen-bond acceptors (Lipinski definition) is 4. The van der Waals surface area contributed by atoms with Gasteiger partial charge >= 0.3 is 12.2 Å². The van der Waals surface area contributed by atoms with E-state index in [0.717, 1.165) is 16.5 Å². The van der Waals surface area contributed by atoms with Crippen LogP contribution in [0.15, 0.2) is 30.5 Å². The molecule has 0 radical (unpaired) electrons. The zero-order valence-corrected chi connectivity index (χ0v) is 20.3. The molecular formula is C24H26ClF4N5O.